The van der Waals surface area contributed by atoms with Crippen molar-refractivity contribution in [1.29, 1.82) is 0 Å². The van der Waals surface area contributed by atoms with E-state index in [0.29, 0.717) is 5.92 Å². The molecule has 2 fully saturated rings. The minimum atomic E-state index is -0.591. The molecule has 4 heteroatoms. The molecule has 0 aromatic heterocycles. The van der Waals surface area contributed by atoms with Crippen LogP contribution in [0.1, 0.15) is 53.4 Å². The molecular formula is C14H24N2O2. The van der Waals surface area contributed by atoms with Crippen molar-refractivity contribution in [2.45, 2.75) is 71.0 Å². The summed E-state index contributed by atoms with van der Waals surface area (Å²) in [4.78, 5) is 26.7. The van der Waals surface area contributed by atoms with Crippen molar-refractivity contribution in [1.82, 2.24) is 10.2 Å². The van der Waals surface area contributed by atoms with Crippen LogP contribution in [0.15, 0.2) is 0 Å². The van der Waals surface area contributed by atoms with Crippen molar-refractivity contribution in [2.24, 2.45) is 5.92 Å². The van der Waals surface area contributed by atoms with Gasteiger partial charge >= 0.3 is 0 Å². The van der Waals surface area contributed by atoms with Crippen LogP contribution in [0.25, 0.3) is 0 Å². The maximum absolute atomic E-state index is 12.8. The third-order valence-electron chi connectivity index (χ3n) is 4.66. The number of carbonyl (C=O) groups excluding carboxylic acids is 2. The van der Waals surface area contributed by atoms with Crippen LogP contribution >= 0.6 is 0 Å². The zero-order valence-electron chi connectivity index (χ0n) is 11.8. The van der Waals surface area contributed by atoms with E-state index >= 15 is 0 Å². The summed E-state index contributed by atoms with van der Waals surface area (Å²) in [5.74, 6) is 0.498. The van der Waals surface area contributed by atoms with E-state index in [2.05, 4.69) is 19.2 Å². The average Bonchev–Trinajstić information content (AvgIpc) is 2.76. The lowest BCUT2D eigenvalue weighted by atomic mass is 9.88. The van der Waals surface area contributed by atoms with E-state index in [9.17, 15) is 9.59 Å². The zero-order chi connectivity index (χ0) is 13.5. The quantitative estimate of drug-likeness (QED) is 0.813. The molecule has 18 heavy (non-hydrogen) atoms. The monoisotopic (exact) mass is 252 g/mol. The van der Waals surface area contributed by atoms with E-state index in [4.69, 9.17) is 0 Å². The normalized spacial score (nSPS) is 28.9. The molecule has 2 atom stereocenters. The fourth-order valence-electron chi connectivity index (χ4n) is 3.12. The summed E-state index contributed by atoms with van der Waals surface area (Å²) in [6.07, 6.45) is 3.66. The van der Waals surface area contributed by atoms with Crippen LogP contribution in [-0.4, -0.2) is 34.3 Å². The largest absolute Gasteiger partial charge is 0.340 e. The van der Waals surface area contributed by atoms with Crippen LogP contribution < -0.4 is 5.32 Å². The number of hydrogen-bond acceptors (Lipinski definition) is 2. The van der Waals surface area contributed by atoms with Crippen LogP contribution in [0, 0.1) is 5.92 Å². The SMILES string of the molecule is CC(C)C(C)N1C(=O)C2(CCCC2)NC(=O)C1C. The molecule has 1 aliphatic heterocycles. The van der Waals surface area contributed by atoms with Gasteiger partial charge in [0.1, 0.15) is 11.6 Å². The number of carbonyl (C=O) groups is 2. The van der Waals surface area contributed by atoms with Crippen LogP contribution in [0.4, 0.5) is 0 Å². The Bertz CT molecular complexity index is 359. The van der Waals surface area contributed by atoms with Gasteiger partial charge in [-0.05, 0) is 32.6 Å². The smallest absolute Gasteiger partial charge is 0.249 e. The van der Waals surface area contributed by atoms with Gasteiger partial charge in [0.25, 0.3) is 0 Å². The van der Waals surface area contributed by atoms with Crippen LogP contribution in [0.5, 0.6) is 0 Å². The molecule has 1 saturated heterocycles. The highest BCUT2D eigenvalue weighted by Gasteiger charge is 2.52. The molecule has 1 spiro atoms. The van der Waals surface area contributed by atoms with Gasteiger partial charge in [0.2, 0.25) is 11.8 Å². The van der Waals surface area contributed by atoms with E-state index in [1.165, 1.54) is 0 Å². The fraction of sp³-hybridized carbons (Fsp3) is 0.857. The predicted octanol–water partition coefficient (Wildman–Crippen LogP) is 1.69. The van der Waals surface area contributed by atoms with E-state index in [-0.39, 0.29) is 23.9 Å². The summed E-state index contributed by atoms with van der Waals surface area (Å²) in [7, 11) is 0. The van der Waals surface area contributed by atoms with Crippen molar-refractivity contribution in [3.05, 3.63) is 0 Å². The van der Waals surface area contributed by atoms with Gasteiger partial charge in [0.05, 0.1) is 0 Å². The number of hydrogen-bond donors (Lipinski definition) is 1. The summed E-state index contributed by atoms with van der Waals surface area (Å²) in [6.45, 7) is 8.06. The number of nitrogens with zero attached hydrogens (tertiary/aromatic N) is 1. The lowest BCUT2D eigenvalue weighted by Gasteiger charge is -2.47. The van der Waals surface area contributed by atoms with Gasteiger partial charge in [-0.2, -0.15) is 0 Å². The third-order valence-corrected chi connectivity index (χ3v) is 4.66. The highest BCUT2D eigenvalue weighted by Crippen LogP contribution is 2.36. The lowest BCUT2D eigenvalue weighted by Crippen LogP contribution is -2.70. The van der Waals surface area contributed by atoms with Crippen LogP contribution in [0.3, 0.4) is 0 Å². The topological polar surface area (TPSA) is 49.4 Å². The van der Waals surface area contributed by atoms with E-state index < -0.39 is 5.54 Å². The third kappa shape index (κ3) is 1.91. The molecule has 0 aromatic rings. The maximum Gasteiger partial charge on any atom is 0.249 e. The first-order valence-corrected chi connectivity index (χ1v) is 7.04. The molecule has 1 heterocycles. The zero-order valence-corrected chi connectivity index (χ0v) is 11.8. The van der Waals surface area contributed by atoms with Gasteiger partial charge in [-0.15, -0.1) is 0 Å². The first-order chi connectivity index (χ1) is 8.39. The van der Waals surface area contributed by atoms with Crippen LogP contribution in [-0.2, 0) is 9.59 Å². The Morgan fingerprint density at radius 3 is 2.28 bits per heavy atom. The number of piperazine rings is 1. The maximum atomic E-state index is 12.8. The second-order valence-corrected chi connectivity index (χ2v) is 6.15. The minimum absolute atomic E-state index is 0.00370. The lowest BCUT2D eigenvalue weighted by molar-refractivity contribution is -0.157. The fourth-order valence-corrected chi connectivity index (χ4v) is 3.12. The molecule has 4 nitrogen and oxygen atoms in total. The molecule has 0 radical (unpaired) electrons. The summed E-state index contributed by atoms with van der Waals surface area (Å²) < 4.78 is 0. The Balaban J connectivity index is 2.31. The number of nitrogens with one attached hydrogen (secondary N) is 1. The molecule has 2 unspecified atom stereocenters. The number of rotatable bonds is 2. The summed E-state index contributed by atoms with van der Waals surface area (Å²) >= 11 is 0. The first-order valence-electron chi connectivity index (χ1n) is 7.04. The van der Waals surface area contributed by atoms with Crippen LogP contribution in [0.2, 0.25) is 0 Å². The summed E-state index contributed by atoms with van der Waals surface area (Å²) in [5.41, 5.74) is -0.591. The number of amides is 2. The minimum Gasteiger partial charge on any atom is -0.340 e. The molecule has 1 aliphatic carbocycles. The van der Waals surface area contributed by atoms with Gasteiger partial charge < -0.3 is 10.2 Å². The van der Waals surface area contributed by atoms with Crippen molar-refractivity contribution in [3.8, 4) is 0 Å². The van der Waals surface area contributed by atoms with Gasteiger partial charge in [0.15, 0.2) is 0 Å². The summed E-state index contributed by atoms with van der Waals surface area (Å²) in [6, 6.07) is -0.239. The summed E-state index contributed by atoms with van der Waals surface area (Å²) in [5, 5.41) is 2.98. The van der Waals surface area contributed by atoms with Gasteiger partial charge in [0, 0.05) is 6.04 Å². The molecule has 2 rings (SSSR count). The van der Waals surface area contributed by atoms with Crippen molar-refractivity contribution in [3.63, 3.8) is 0 Å². The Morgan fingerprint density at radius 2 is 1.78 bits per heavy atom. The molecular weight excluding hydrogens is 228 g/mol. The van der Waals surface area contributed by atoms with E-state index in [0.717, 1.165) is 25.7 Å². The molecule has 1 N–H and O–H groups in total. The molecule has 0 aromatic carbocycles. The standard InChI is InChI=1S/C14H24N2O2/c1-9(2)10(3)16-11(4)12(17)15-14(13(16)18)7-5-6-8-14/h9-11H,5-8H2,1-4H3,(H,15,17). The second-order valence-electron chi connectivity index (χ2n) is 6.15. The molecule has 102 valence electrons. The van der Waals surface area contributed by atoms with Gasteiger partial charge in [-0.25, -0.2) is 0 Å². The van der Waals surface area contributed by atoms with Gasteiger partial charge in [-0.3, -0.25) is 9.59 Å². The van der Waals surface area contributed by atoms with Crippen molar-refractivity contribution >= 4 is 11.8 Å². The molecule has 2 aliphatic rings. The van der Waals surface area contributed by atoms with Crippen molar-refractivity contribution in [2.75, 3.05) is 0 Å². The van der Waals surface area contributed by atoms with Crippen molar-refractivity contribution < 1.29 is 9.59 Å². The second kappa shape index (κ2) is 4.56. The predicted molar refractivity (Wildman–Crippen MR) is 69.9 cm³/mol. The first kappa shape index (κ1) is 13.4. The highest BCUT2D eigenvalue weighted by molar-refractivity contribution is 6.00. The molecule has 2 amide bonds. The average molecular weight is 252 g/mol. The highest BCUT2D eigenvalue weighted by atomic mass is 16.2. The Kier molecular flexibility index (Phi) is 3.39. The Morgan fingerprint density at radius 1 is 1.22 bits per heavy atom. The molecule has 0 bridgehead atoms. The Hall–Kier alpha value is -1.06. The van der Waals surface area contributed by atoms with Gasteiger partial charge in [-0.1, -0.05) is 26.7 Å². The van der Waals surface area contributed by atoms with E-state index in [1.54, 1.807) is 0 Å². The Labute approximate surface area is 109 Å². The van der Waals surface area contributed by atoms with E-state index in [1.807, 2.05) is 18.7 Å². The molecule has 1 saturated carbocycles.